The van der Waals surface area contributed by atoms with Crippen molar-refractivity contribution in [3.8, 4) is 0 Å². The van der Waals surface area contributed by atoms with Gasteiger partial charge in [-0.15, -0.1) is 0 Å². The van der Waals surface area contributed by atoms with Crippen LogP contribution < -0.4 is 4.72 Å². The standard InChI is InChI=1S/C17H15FN2O3S/c18-12-7-5-11-6-8-15(14(11)9-12)20-24(21,22)10-16-13-3-1-2-4-17(13)23-19-16/h1-5,7,9,15,20H,6,8,10H2/t15-/m1/s1. The van der Waals surface area contributed by atoms with E-state index in [0.29, 0.717) is 28.6 Å². The molecule has 0 bridgehead atoms. The van der Waals surface area contributed by atoms with E-state index in [1.807, 2.05) is 0 Å². The number of hydrogen-bond donors (Lipinski definition) is 1. The van der Waals surface area contributed by atoms with Gasteiger partial charge in [-0.05, 0) is 48.2 Å². The molecule has 2 aromatic carbocycles. The van der Waals surface area contributed by atoms with Crippen molar-refractivity contribution in [2.75, 3.05) is 0 Å². The van der Waals surface area contributed by atoms with E-state index in [1.54, 1.807) is 30.3 Å². The minimum absolute atomic E-state index is 0.273. The zero-order chi connectivity index (χ0) is 16.7. The normalized spacial score (nSPS) is 17.3. The van der Waals surface area contributed by atoms with Gasteiger partial charge in [0, 0.05) is 11.4 Å². The first kappa shape index (κ1) is 15.3. The maximum absolute atomic E-state index is 13.4. The summed E-state index contributed by atoms with van der Waals surface area (Å²) in [4.78, 5) is 0. The molecule has 0 amide bonds. The van der Waals surface area contributed by atoms with Gasteiger partial charge in [0.05, 0.1) is 0 Å². The molecule has 1 N–H and O–H groups in total. The summed E-state index contributed by atoms with van der Waals surface area (Å²) >= 11 is 0. The van der Waals surface area contributed by atoms with Crippen molar-refractivity contribution in [3.63, 3.8) is 0 Å². The number of nitrogens with zero attached hydrogens (tertiary/aromatic N) is 1. The summed E-state index contributed by atoms with van der Waals surface area (Å²) in [5.41, 5.74) is 2.62. The van der Waals surface area contributed by atoms with Gasteiger partial charge in [-0.1, -0.05) is 23.4 Å². The van der Waals surface area contributed by atoms with Crippen LogP contribution in [0, 0.1) is 5.82 Å². The predicted molar refractivity (Wildman–Crippen MR) is 87.2 cm³/mol. The third kappa shape index (κ3) is 2.81. The molecule has 5 nitrogen and oxygen atoms in total. The maximum atomic E-state index is 13.4. The Kier molecular flexibility index (Phi) is 3.62. The summed E-state index contributed by atoms with van der Waals surface area (Å²) < 4.78 is 46.3. The minimum Gasteiger partial charge on any atom is -0.356 e. The van der Waals surface area contributed by atoms with Gasteiger partial charge in [0.25, 0.3) is 0 Å². The van der Waals surface area contributed by atoms with Gasteiger partial charge in [-0.3, -0.25) is 0 Å². The third-order valence-corrected chi connectivity index (χ3v) is 5.58. The molecule has 4 rings (SSSR count). The smallest absolute Gasteiger partial charge is 0.218 e. The lowest BCUT2D eigenvalue weighted by molar-refractivity contribution is 0.448. The van der Waals surface area contributed by atoms with Gasteiger partial charge >= 0.3 is 0 Å². The van der Waals surface area contributed by atoms with Crippen molar-refractivity contribution in [1.82, 2.24) is 9.88 Å². The van der Waals surface area contributed by atoms with E-state index in [4.69, 9.17) is 4.52 Å². The lowest BCUT2D eigenvalue weighted by Gasteiger charge is -2.14. The highest BCUT2D eigenvalue weighted by atomic mass is 32.2. The molecule has 0 unspecified atom stereocenters. The summed E-state index contributed by atoms with van der Waals surface area (Å²) in [5, 5.41) is 4.54. The number of sulfonamides is 1. The van der Waals surface area contributed by atoms with E-state index in [0.717, 1.165) is 12.0 Å². The number of aryl methyl sites for hydroxylation is 1. The van der Waals surface area contributed by atoms with Gasteiger partial charge in [0.1, 0.15) is 17.3 Å². The van der Waals surface area contributed by atoms with Crippen LogP contribution in [0.5, 0.6) is 0 Å². The molecule has 0 saturated carbocycles. The monoisotopic (exact) mass is 346 g/mol. The molecule has 0 aliphatic heterocycles. The summed E-state index contributed by atoms with van der Waals surface area (Å²) in [6.45, 7) is 0. The van der Waals surface area contributed by atoms with Crippen molar-refractivity contribution >= 4 is 21.0 Å². The molecule has 7 heteroatoms. The van der Waals surface area contributed by atoms with Crippen LogP contribution in [0.4, 0.5) is 4.39 Å². The lowest BCUT2D eigenvalue weighted by Crippen LogP contribution is -2.28. The first-order chi connectivity index (χ1) is 11.5. The molecular weight excluding hydrogens is 331 g/mol. The number of rotatable bonds is 4. The molecule has 1 aliphatic rings. The molecule has 0 radical (unpaired) electrons. The number of fused-ring (bicyclic) bond motifs is 2. The number of hydrogen-bond acceptors (Lipinski definition) is 4. The number of aromatic nitrogens is 1. The average molecular weight is 346 g/mol. The molecule has 1 atom stereocenters. The van der Waals surface area contributed by atoms with Crippen LogP contribution in [0.15, 0.2) is 47.0 Å². The second-order valence-corrected chi connectivity index (χ2v) is 7.69. The first-order valence-corrected chi connectivity index (χ1v) is 9.29. The van der Waals surface area contributed by atoms with E-state index in [9.17, 15) is 12.8 Å². The maximum Gasteiger partial charge on any atom is 0.218 e. The second-order valence-electron chi connectivity index (χ2n) is 5.94. The Labute approximate surface area is 138 Å². The topological polar surface area (TPSA) is 72.2 Å². The van der Waals surface area contributed by atoms with Gasteiger partial charge in [-0.25, -0.2) is 17.5 Å². The highest BCUT2D eigenvalue weighted by Gasteiger charge is 2.28. The first-order valence-electron chi connectivity index (χ1n) is 7.63. The van der Waals surface area contributed by atoms with Crippen molar-refractivity contribution in [3.05, 3.63) is 65.1 Å². The predicted octanol–water partition coefficient (Wildman–Crippen LogP) is 3.07. The molecule has 1 aromatic heterocycles. The summed E-state index contributed by atoms with van der Waals surface area (Å²) in [5.74, 6) is -0.632. The molecule has 1 aliphatic carbocycles. The van der Waals surface area contributed by atoms with Crippen molar-refractivity contribution < 1.29 is 17.3 Å². The van der Waals surface area contributed by atoms with Crippen LogP contribution in [-0.4, -0.2) is 13.6 Å². The number of para-hydroxylation sites is 1. The van der Waals surface area contributed by atoms with Crippen LogP contribution in [-0.2, 0) is 22.2 Å². The zero-order valence-corrected chi connectivity index (χ0v) is 13.5. The fourth-order valence-electron chi connectivity index (χ4n) is 3.18. The van der Waals surface area contributed by atoms with Gasteiger partial charge in [0.15, 0.2) is 5.58 Å². The largest absolute Gasteiger partial charge is 0.356 e. The van der Waals surface area contributed by atoms with E-state index >= 15 is 0 Å². The SMILES string of the molecule is O=S(=O)(Cc1noc2ccccc12)N[C@@H]1CCc2ccc(F)cc21. The summed E-state index contributed by atoms with van der Waals surface area (Å²) in [6, 6.07) is 11.2. The molecular formula is C17H15FN2O3S. The van der Waals surface area contributed by atoms with E-state index < -0.39 is 16.1 Å². The van der Waals surface area contributed by atoms with Crippen molar-refractivity contribution in [1.29, 1.82) is 0 Å². The summed E-state index contributed by atoms with van der Waals surface area (Å²) in [6.07, 6.45) is 1.35. The molecule has 1 heterocycles. The van der Waals surface area contributed by atoms with Gasteiger partial charge in [0.2, 0.25) is 10.0 Å². The summed E-state index contributed by atoms with van der Waals surface area (Å²) in [7, 11) is -3.63. The molecule has 3 aromatic rings. The van der Waals surface area contributed by atoms with E-state index in [-0.39, 0.29) is 11.6 Å². The molecule has 0 saturated heterocycles. The molecule has 24 heavy (non-hydrogen) atoms. The number of halogens is 1. The number of nitrogens with one attached hydrogen (secondary N) is 1. The Balaban J connectivity index is 1.58. The Hall–Kier alpha value is -2.25. The second kappa shape index (κ2) is 5.68. The number of benzene rings is 2. The Morgan fingerprint density at radius 1 is 1.25 bits per heavy atom. The van der Waals surface area contributed by atoms with Crippen LogP contribution in [0.1, 0.15) is 29.3 Å². The molecule has 0 fully saturated rings. The lowest BCUT2D eigenvalue weighted by atomic mass is 10.1. The Morgan fingerprint density at radius 2 is 2.08 bits per heavy atom. The Morgan fingerprint density at radius 3 is 2.96 bits per heavy atom. The van der Waals surface area contributed by atoms with Crippen LogP contribution in [0.3, 0.4) is 0 Å². The zero-order valence-electron chi connectivity index (χ0n) is 12.7. The molecule has 124 valence electrons. The third-order valence-electron chi connectivity index (χ3n) is 4.29. The highest BCUT2D eigenvalue weighted by Crippen LogP contribution is 2.32. The fourth-order valence-corrected chi connectivity index (χ4v) is 4.51. The van der Waals surface area contributed by atoms with E-state index in [1.165, 1.54) is 12.1 Å². The average Bonchev–Trinajstić information content (AvgIpc) is 3.12. The van der Waals surface area contributed by atoms with Crippen LogP contribution in [0.25, 0.3) is 11.0 Å². The molecule has 0 spiro atoms. The van der Waals surface area contributed by atoms with Gasteiger partial charge in [-0.2, -0.15) is 0 Å². The van der Waals surface area contributed by atoms with E-state index in [2.05, 4.69) is 9.88 Å². The van der Waals surface area contributed by atoms with Gasteiger partial charge < -0.3 is 4.52 Å². The minimum atomic E-state index is -3.63. The highest BCUT2D eigenvalue weighted by molar-refractivity contribution is 7.88. The van der Waals surface area contributed by atoms with Crippen molar-refractivity contribution in [2.45, 2.75) is 24.6 Å². The van der Waals surface area contributed by atoms with Crippen LogP contribution >= 0.6 is 0 Å². The van der Waals surface area contributed by atoms with Crippen molar-refractivity contribution in [2.24, 2.45) is 0 Å². The Bertz CT molecular complexity index is 1010. The quantitative estimate of drug-likeness (QED) is 0.788. The fraction of sp³-hybridized carbons (Fsp3) is 0.235. The van der Waals surface area contributed by atoms with Crippen LogP contribution in [0.2, 0.25) is 0 Å².